The highest BCUT2D eigenvalue weighted by Crippen LogP contribution is 2.45. The molecular weight excluding hydrogens is 440 g/mol. The van der Waals surface area contributed by atoms with Crippen molar-refractivity contribution in [1.29, 1.82) is 0 Å². The molecule has 1 N–H and O–H groups in total. The highest BCUT2D eigenvalue weighted by molar-refractivity contribution is 7.98. The molecule has 5 nitrogen and oxygen atoms in total. The Balaban J connectivity index is 1.60. The van der Waals surface area contributed by atoms with Crippen molar-refractivity contribution in [3.63, 3.8) is 0 Å². The van der Waals surface area contributed by atoms with Crippen molar-refractivity contribution in [2.45, 2.75) is 36.6 Å². The van der Waals surface area contributed by atoms with Gasteiger partial charge in [0.05, 0.1) is 25.5 Å². The van der Waals surface area contributed by atoms with Crippen LogP contribution in [-0.4, -0.2) is 43.4 Å². The Morgan fingerprint density at radius 3 is 2.62 bits per heavy atom. The summed E-state index contributed by atoms with van der Waals surface area (Å²) in [4.78, 5) is 18.1. The molecular formula is C25H28N2O3S2. The highest BCUT2D eigenvalue weighted by atomic mass is 32.2. The molecule has 1 fully saturated rings. The van der Waals surface area contributed by atoms with Crippen molar-refractivity contribution in [2.24, 2.45) is 0 Å². The van der Waals surface area contributed by atoms with Gasteiger partial charge in [0, 0.05) is 28.4 Å². The number of aryl methyl sites for hydroxylation is 1. The maximum atomic E-state index is 12.9. The number of ether oxygens (including phenoxy) is 1. The van der Waals surface area contributed by atoms with Gasteiger partial charge < -0.3 is 14.5 Å². The summed E-state index contributed by atoms with van der Waals surface area (Å²) < 4.78 is 11.0. The number of anilines is 1. The van der Waals surface area contributed by atoms with E-state index in [0.717, 1.165) is 44.1 Å². The molecule has 1 saturated heterocycles. The van der Waals surface area contributed by atoms with Gasteiger partial charge in [-0.25, -0.2) is 0 Å². The van der Waals surface area contributed by atoms with Crippen LogP contribution in [0.1, 0.15) is 51.0 Å². The Bertz CT molecular complexity index is 1050. The van der Waals surface area contributed by atoms with E-state index in [0.29, 0.717) is 5.76 Å². The van der Waals surface area contributed by atoms with Crippen molar-refractivity contribution in [2.75, 3.05) is 37.9 Å². The predicted molar refractivity (Wildman–Crippen MR) is 130 cm³/mol. The molecule has 168 valence electrons. The molecule has 1 unspecified atom stereocenters. The van der Waals surface area contributed by atoms with Crippen LogP contribution in [0.5, 0.6) is 0 Å². The van der Waals surface area contributed by atoms with E-state index in [1.54, 1.807) is 41.5 Å². The average molecular weight is 469 g/mol. The van der Waals surface area contributed by atoms with Crippen molar-refractivity contribution in [3.05, 3.63) is 70.0 Å². The van der Waals surface area contributed by atoms with Crippen LogP contribution in [0.25, 0.3) is 0 Å². The first-order valence-corrected chi connectivity index (χ1v) is 13.2. The van der Waals surface area contributed by atoms with Crippen LogP contribution < -0.4 is 5.32 Å². The fraction of sp³-hybridized carbons (Fsp3) is 0.400. The first-order valence-electron chi connectivity index (χ1n) is 11.2. The SMILES string of the molecule is CSc1ccc(C(c2c(NC(=O)c3ccco3)sc3c2CCCC3)N2CCOCC2)cc1. The number of carbonyl (C=O) groups excluding carboxylic acids is 1. The maximum absolute atomic E-state index is 12.9. The molecule has 7 heteroatoms. The lowest BCUT2D eigenvalue weighted by atomic mass is 9.88. The number of nitrogens with zero attached hydrogens (tertiary/aromatic N) is 1. The number of furan rings is 1. The number of amides is 1. The van der Waals surface area contributed by atoms with Gasteiger partial charge in [0.2, 0.25) is 0 Å². The second-order valence-corrected chi connectivity index (χ2v) is 10.2. The summed E-state index contributed by atoms with van der Waals surface area (Å²) in [6, 6.07) is 12.5. The zero-order chi connectivity index (χ0) is 21.9. The third kappa shape index (κ3) is 4.39. The summed E-state index contributed by atoms with van der Waals surface area (Å²) in [7, 11) is 0. The lowest BCUT2D eigenvalue weighted by Crippen LogP contribution is -2.40. The second kappa shape index (κ2) is 9.83. The quantitative estimate of drug-likeness (QED) is 0.476. The minimum atomic E-state index is -0.187. The summed E-state index contributed by atoms with van der Waals surface area (Å²) in [6.07, 6.45) is 8.21. The number of morpholine rings is 1. The van der Waals surface area contributed by atoms with Gasteiger partial charge in [0.1, 0.15) is 5.00 Å². The Labute approximate surface area is 197 Å². The van der Waals surface area contributed by atoms with E-state index in [1.165, 1.54) is 39.3 Å². The van der Waals surface area contributed by atoms with Gasteiger partial charge in [-0.15, -0.1) is 23.1 Å². The molecule has 0 radical (unpaired) electrons. The van der Waals surface area contributed by atoms with Crippen LogP contribution in [0.3, 0.4) is 0 Å². The lowest BCUT2D eigenvalue weighted by molar-refractivity contribution is 0.0239. The third-order valence-electron chi connectivity index (χ3n) is 6.30. The topological polar surface area (TPSA) is 54.7 Å². The molecule has 0 bridgehead atoms. The largest absolute Gasteiger partial charge is 0.459 e. The normalized spacial score (nSPS) is 17.7. The number of thioether (sulfide) groups is 1. The Morgan fingerprint density at radius 2 is 1.91 bits per heavy atom. The van der Waals surface area contributed by atoms with Crippen LogP contribution in [-0.2, 0) is 17.6 Å². The Kier molecular flexibility index (Phi) is 6.69. The van der Waals surface area contributed by atoms with E-state index in [2.05, 4.69) is 40.7 Å². The van der Waals surface area contributed by atoms with Gasteiger partial charge in [-0.1, -0.05) is 12.1 Å². The van der Waals surface area contributed by atoms with Crippen LogP contribution in [0.4, 0.5) is 5.00 Å². The van der Waals surface area contributed by atoms with Crippen molar-refractivity contribution >= 4 is 34.0 Å². The summed E-state index contributed by atoms with van der Waals surface area (Å²) in [6.45, 7) is 3.23. The van der Waals surface area contributed by atoms with Crippen molar-refractivity contribution in [1.82, 2.24) is 4.90 Å². The first kappa shape index (κ1) is 21.8. The van der Waals surface area contributed by atoms with Gasteiger partial charge in [-0.2, -0.15) is 0 Å². The monoisotopic (exact) mass is 468 g/mol. The van der Waals surface area contributed by atoms with Gasteiger partial charge >= 0.3 is 0 Å². The summed E-state index contributed by atoms with van der Waals surface area (Å²) in [5.41, 5.74) is 3.97. The summed E-state index contributed by atoms with van der Waals surface area (Å²) >= 11 is 3.50. The molecule has 1 atom stereocenters. The van der Waals surface area contributed by atoms with Crippen LogP contribution in [0, 0.1) is 0 Å². The van der Waals surface area contributed by atoms with Gasteiger partial charge in [0.25, 0.3) is 5.91 Å². The number of hydrogen-bond acceptors (Lipinski definition) is 6. The van der Waals surface area contributed by atoms with Gasteiger partial charge in [-0.3, -0.25) is 9.69 Å². The highest BCUT2D eigenvalue weighted by Gasteiger charge is 2.33. The standard InChI is InChI=1S/C25H28N2O3S2/c1-31-18-10-8-17(9-11-18)23(27-12-15-29-16-13-27)22-19-5-2-3-7-21(19)32-25(22)26-24(28)20-6-4-14-30-20/h4,6,8-11,14,23H,2-3,5,7,12-13,15-16H2,1H3,(H,26,28). The molecule has 3 aromatic rings. The number of benzene rings is 1. The van der Waals surface area contributed by atoms with Gasteiger partial charge in [-0.05, 0) is 67.3 Å². The molecule has 1 aliphatic carbocycles. The fourth-order valence-electron chi connectivity index (χ4n) is 4.73. The number of fused-ring (bicyclic) bond motifs is 1. The third-order valence-corrected chi connectivity index (χ3v) is 8.27. The molecule has 2 aromatic heterocycles. The smallest absolute Gasteiger partial charge is 0.291 e. The number of thiophene rings is 1. The van der Waals surface area contributed by atoms with Crippen LogP contribution >= 0.6 is 23.1 Å². The average Bonchev–Trinajstić information content (AvgIpc) is 3.50. The van der Waals surface area contributed by atoms with Crippen molar-refractivity contribution < 1.29 is 13.9 Å². The second-order valence-electron chi connectivity index (χ2n) is 8.21. The lowest BCUT2D eigenvalue weighted by Gasteiger charge is -2.36. The van der Waals surface area contributed by atoms with E-state index in [4.69, 9.17) is 9.15 Å². The van der Waals surface area contributed by atoms with Gasteiger partial charge in [0.15, 0.2) is 5.76 Å². The number of hydrogen-bond donors (Lipinski definition) is 1. The summed E-state index contributed by atoms with van der Waals surface area (Å²) in [5.74, 6) is 0.155. The van der Waals surface area contributed by atoms with Crippen molar-refractivity contribution in [3.8, 4) is 0 Å². The zero-order valence-electron chi connectivity index (χ0n) is 18.3. The predicted octanol–water partition coefficient (Wildman–Crippen LogP) is 5.62. The number of nitrogens with one attached hydrogen (secondary N) is 1. The maximum Gasteiger partial charge on any atom is 0.291 e. The van der Waals surface area contributed by atoms with Crippen LogP contribution in [0.15, 0.2) is 52.0 Å². The molecule has 2 aliphatic rings. The minimum Gasteiger partial charge on any atom is -0.459 e. The minimum absolute atomic E-state index is 0.0970. The van der Waals surface area contributed by atoms with E-state index in [9.17, 15) is 4.79 Å². The van der Waals surface area contributed by atoms with E-state index < -0.39 is 0 Å². The van der Waals surface area contributed by atoms with Crippen LogP contribution in [0.2, 0.25) is 0 Å². The zero-order valence-corrected chi connectivity index (χ0v) is 19.9. The van der Waals surface area contributed by atoms with E-state index in [-0.39, 0.29) is 11.9 Å². The molecule has 32 heavy (non-hydrogen) atoms. The molecule has 1 amide bonds. The molecule has 3 heterocycles. The Morgan fingerprint density at radius 1 is 1.12 bits per heavy atom. The molecule has 0 saturated carbocycles. The first-order chi connectivity index (χ1) is 15.7. The summed E-state index contributed by atoms with van der Waals surface area (Å²) in [5, 5.41) is 4.17. The molecule has 1 aromatic carbocycles. The van der Waals surface area contributed by atoms with E-state index in [1.807, 2.05) is 0 Å². The number of rotatable bonds is 6. The fourth-order valence-corrected chi connectivity index (χ4v) is 6.45. The molecule has 5 rings (SSSR count). The Hall–Kier alpha value is -2.06. The number of carbonyl (C=O) groups is 1. The van der Waals surface area contributed by atoms with E-state index >= 15 is 0 Å². The molecule has 0 spiro atoms. The molecule has 1 aliphatic heterocycles.